The van der Waals surface area contributed by atoms with E-state index in [0.29, 0.717) is 17.9 Å². The van der Waals surface area contributed by atoms with Crippen molar-refractivity contribution in [2.75, 3.05) is 66.2 Å². The molecule has 0 fully saturated rings. The zero-order chi connectivity index (χ0) is 33.0. The highest BCUT2D eigenvalue weighted by atomic mass is 32.2. The lowest BCUT2D eigenvalue weighted by atomic mass is 10.4. The van der Waals surface area contributed by atoms with Crippen LogP contribution in [0.25, 0.3) is 0 Å². The molecule has 0 aliphatic carbocycles. The van der Waals surface area contributed by atoms with Crippen molar-refractivity contribution in [3.63, 3.8) is 0 Å². The number of rotatable bonds is 19. The zero-order valence-electron chi connectivity index (χ0n) is 26.1. The van der Waals surface area contributed by atoms with Gasteiger partial charge >= 0.3 is 29.1 Å². The second-order valence-electron chi connectivity index (χ2n) is 8.66. The van der Waals surface area contributed by atoms with Crippen LogP contribution in [0.2, 0.25) is 25.2 Å². The molecule has 17 heteroatoms. The van der Waals surface area contributed by atoms with Gasteiger partial charge in [-0.15, -0.1) is 0 Å². The van der Waals surface area contributed by atoms with Gasteiger partial charge in [-0.3, -0.25) is 9.59 Å². The summed E-state index contributed by atoms with van der Waals surface area (Å²) in [6, 6.07) is 1.88. The fourth-order valence-electron chi connectivity index (χ4n) is 2.34. The molecule has 0 radical (unpaired) electrons. The molecule has 0 atom stereocenters. The molecule has 0 rings (SSSR count). The number of carbonyl (C=O) groups is 4. The van der Waals surface area contributed by atoms with Gasteiger partial charge in [-0.1, -0.05) is 18.3 Å². The van der Waals surface area contributed by atoms with Crippen LogP contribution in [0.1, 0.15) is 26.7 Å². The number of thiol groups is 1. The van der Waals surface area contributed by atoms with Crippen molar-refractivity contribution in [1.82, 2.24) is 5.32 Å². The highest BCUT2D eigenvalue weighted by Gasteiger charge is 2.28. The number of carbonyl (C=O) groups excluding carboxylic acids is 5. The number of hydrogen-bond donors (Lipinski definition) is 2. The molecule has 0 bridgehead atoms. The Morgan fingerprint density at radius 1 is 0.881 bits per heavy atom. The number of aliphatic imine (C=N–C) groups is 1. The first-order valence-electron chi connectivity index (χ1n) is 13.0. The Hall–Kier alpha value is -1.83. The lowest BCUT2D eigenvalue weighted by Crippen LogP contribution is -2.36. The van der Waals surface area contributed by atoms with E-state index < -0.39 is 34.8 Å². The van der Waals surface area contributed by atoms with Gasteiger partial charge in [0.2, 0.25) is 11.9 Å². The van der Waals surface area contributed by atoms with E-state index in [0.717, 1.165) is 37.6 Å². The van der Waals surface area contributed by atoms with Crippen LogP contribution < -0.4 is 5.32 Å². The molecule has 0 saturated carbocycles. The fourth-order valence-corrected chi connectivity index (χ4v) is 6.51. The number of ether oxygens (including phenoxy) is 2. The lowest BCUT2D eigenvalue weighted by Gasteiger charge is -2.22. The van der Waals surface area contributed by atoms with Gasteiger partial charge in [0.15, 0.2) is 0 Å². The summed E-state index contributed by atoms with van der Waals surface area (Å²) in [7, 11) is 2.94. The normalized spacial score (nSPS) is 10.5. The zero-order valence-corrected chi connectivity index (χ0v) is 29.8. The smallest absolute Gasteiger partial charge is 0.374 e. The molecule has 1 amide bonds. The van der Waals surface area contributed by atoms with Crippen LogP contribution in [0.4, 0.5) is 4.79 Å². The van der Waals surface area contributed by atoms with E-state index in [9.17, 15) is 24.0 Å². The molecule has 0 aromatic rings. The number of amides is 1. The molecule has 0 spiro atoms. The predicted molar refractivity (Wildman–Crippen MR) is 170 cm³/mol. The molecule has 0 aliphatic heterocycles. The summed E-state index contributed by atoms with van der Waals surface area (Å²) < 4.78 is 30.5. The monoisotopic (exact) mass is 672 g/mol. The largest absolute Gasteiger partial charge is 0.460 e. The first-order valence-corrected chi connectivity index (χ1v) is 19.6. The molecular weight excluding hydrogens is 625 g/mol. The lowest BCUT2D eigenvalue weighted by molar-refractivity contribution is -0.152. The minimum Gasteiger partial charge on any atom is -0.460 e. The average molecular weight is 673 g/mol. The maximum Gasteiger partial charge on any atom is 0.374 e. The molecule has 13 nitrogen and oxygen atoms in total. The summed E-state index contributed by atoms with van der Waals surface area (Å²) in [5.41, 5.74) is 0.346. The molecule has 0 aliphatic rings. The Labute approximate surface area is 261 Å². The van der Waals surface area contributed by atoms with Gasteiger partial charge < -0.3 is 32.5 Å². The van der Waals surface area contributed by atoms with Crippen LogP contribution in [0.3, 0.4) is 0 Å². The Bertz CT molecular complexity index is 852. The maximum atomic E-state index is 11.5. The number of isocyanates is 1. The van der Waals surface area contributed by atoms with Crippen LogP contribution in [-0.4, -0.2) is 112 Å². The van der Waals surface area contributed by atoms with Crippen molar-refractivity contribution in [2.24, 2.45) is 4.99 Å². The molecule has 244 valence electrons. The van der Waals surface area contributed by atoms with Gasteiger partial charge in [0.05, 0.1) is 13.1 Å². The molecule has 0 unspecified atom stereocenters. The van der Waals surface area contributed by atoms with E-state index in [-0.39, 0.29) is 25.0 Å². The average Bonchev–Trinajstić information content (AvgIpc) is 2.98. The Morgan fingerprint density at radius 2 is 1.38 bits per heavy atom. The highest BCUT2D eigenvalue weighted by molar-refractivity contribution is 8.13. The first kappa shape index (κ1) is 44.6. The van der Waals surface area contributed by atoms with Crippen LogP contribution in [0.5, 0.6) is 0 Å². The summed E-state index contributed by atoms with van der Waals surface area (Å²) >= 11 is 5.33. The van der Waals surface area contributed by atoms with Gasteiger partial charge in [0.1, 0.15) is 13.2 Å². The number of Topliss-reactive ketones (excluding diaryl/α,β-unsaturated/α-hetero) is 1. The Kier molecular flexibility index (Phi) is 29.7. The van der Waals surface area contributed by atoms with Gasteiger partial charge in [0.25, 0.3) is 5.24 Å². The molecule has 0 heterocycles. The number of hydrogen-bond acceptors (Lipinski definition) is 14. The summed E-state index contributed by atoms with van der Waals surface area (Å²) in [4.78, 5) is 55.8. The molecule has 42 heavy (non-hydrogen) atoms. The molecule has 0 aromatic heterocycles. The Balaban J connectivity index is -0.000000607. The van der Waals surface area contributed by atoms with Crippen LogP contribution >= 0.6 is 24.4 Å². The van der Waals surface area contributed by atoms with Crippen molar-refractivity contribution in [3.05, 3.63) is 12.2 Å². The van der Waals surface area contributed by atoms with E-state index in [4.69, 9.17) is 22.4 Å². The minimum atomic E-state index is -2.03. The van der Waals surface area contributed by atoms with Gasteiger partial charge in [-0.05, 0) is 50.7 Å². The van der Waals surface area contributed by atoms with Crippen LogP contribution in [0.15, 0.2) is 17.1 Å². The van der Waals surface area contributed by atoms with E-state index >= 15 is 0 Å². The van der Waals surface area contributed by atoms with Crippen molar-refractivity contribution >= 4 is 70.6 Å². The first-order chi connectivity index (χ1) is 19.7. The van der Waals surface area contributed by atoms with E-state index in [1.54, 1.807) is 35.4 Å². The molecule has 0 aromatic carbocycles. The molecule has 1 N–H and O–H groups in total. The summed E-state index contributed by atoms with van der Waals surface area (Å²) in [6.07, 6.45) is 3.20. The van der Waals surface area contributed by atoms with Crippen LogP contribution in [-0.2, 0) is 46.4 Å². The van der Waals surface area contributed by atoms with E-state index in [2.05, 4.69) is 40.8 Å². The van der Waals surface area contributed by atoms with Crippen LogP contribution in [0, 0.1) is 0 Å². The van der Waals surface area contributed by atoms with Gasteiger partial charge in [0, 0.05) is 46.7 Å². The number of nitrogens with zero attached hydrogens (tertiary/aromatic N) is 1. The third-order valence-electron chi connectivity index (χ3n) is 5.27. The summed E-state index contributed by atoms with van der Waals surface area (Å²) in [5, 5.41) is 2.54. The second-order valence-corrected chi connectivity index (χ2v) is 17.3. The van der Waals surface area contributed by atoms with Gasteiger partial charge in [-0.25, -0.2) is 19.4 Å². The quantitative estimate of drug-likeness (QED) is 0.0301. The fraction of sp³-hybridized carbons (Fsp3) is 0.720. The number of esters is 2. The van der Waals surface area contributed by atoms with Gasteiger partial charge in [-0.2, -0.15) is 12.6 Å². The third-order valence-corrected chi connectivity index (χ3v) is 12.5. The highest BCUT2D eigenvalue weighted by Crippen LogP contribution is 2.16. The maximum absolute atomic E-state index is 11.5. The standard InChI is InChI=1S/C13H25NO5SSi.C6H7NO4.C6H16O2SSi/c1-11(2)12(15)19-8-7-14-13(16)20-9-6-10-21(5,17-3)18-4;1-5(9)6(10)11-3-2-7-4-8;1-7-10(3,8-2)6-4-5-9/h1,6-10H2,2-5H3,(H,14,16);2-3H2,1H3;9H,4-6H2,1-3H3. The van der Waals surface area contributed by atoms with E-state index in [1.165, 1.54) is 17.8 Å². The summed E-state index contributed by atoms with van der Waals surface area (Å²) in [6.45, 7) is 10.6. The number of thioether (sulfide) groups is 1. The second kappa shape index (κ2) is 28.0. The van der Waals surface area contributed by atoms with Crippen molar-refractivity contribution < 1.29 is 51.2 Å². The molecular formula is C25H48N2O11S2Si2. The Morgan fingerprint density at radius 3 is 1.81 bits per heavy atom. The third kappa shape index (κ3) is 27.0. The number of ketones is 1. The van der Waals surface area contributed by atoms with Crippen molar-refractivity contribution in [1.29, 1.82) is 0 Å². The van der Waals surface area contributed by atoms with E-state index in [1.807, 2.05) is 6.55 Å². The number of nitrogens with one attached hydrogen (secondary N) is 1. The van der Waals surface area contributed by atoms with Crippen molar-refractivity contribution in [2.45, 2.75) is 51.9 Å². The summed E-state index contributed by atoms with van der Waals surface area (Å²) in [5.74, 6) is -0.409. The minimum absolute atomic E-state index is 0.0442. The predicted octanol–water partition coefficient (Wildman–Crippen LogP) is 3.43. The van der Waals surface area contributed by atoms with Crippen molar-refractivity contribution in [3.8, 4) is 0 Å². The molecule has 0 saturated heterocycles. The SMILES string of the molecule is C=C(C)C(=O)OCCNC(=O)SCCC[Si](C)(OC)OC.CC(=O)C(=O)OCCN=C=O.CO[Si](C)(CCCS)OC. The topological polar surface area (TPSA) is 165 Å².